The van der Waals surface area contributed by atoms with Crippen LogP contribution in [0.3, 0.4) is 0 Å². The summed E-state index contributed by atoms with van der Waals surface area (Å²) in [5.41, 5.74) is 11.1. The summed E-state index contributed by atoms with van der Waals surface area (Å²) in [4.78, 5) is 4.51. The third kappa shape index (κ3) is 2.51. The lowest BCUT2D eigenvalue weighted by Crippen LogP contribution is -1.94. The van der Waals surface area contributed by atoms with Crippen LogP contribution in [0.4, 0.5) is 0 Å². The molecule has 0 aliphatic heterocycles. The second-order valence-electron chi connectivity index (χ2n) is 9.21. The van der Waals surface area contributed by atoms with E-state index in [0.717, 1.165) is 16.9 Å². The van der Waals surface area contributed by atoms with E-state index in [1.165, 1.54) is 54.8 Å². The number of pyridine rings is 1. The summed E-state index contributed by atoms with van der Waals surface area (Å²) in [5.74, 6) is 0. The Kier molecular flexibility index (Phi) is 3.69. The van der Waals surface area contributed by atoms with Crippen LogP contribution in [0.25, 0.3) is 71.8 Å². The Morgan fingerprint density at radius 2 is 1.31 bits per heavy atom. The molecule has 0 N–H and O–H groups in total. The fraction of sp³-hybridized carbons (Fsp3) is 0. The average molecular weight is 445 g/mol. The van der Waals surface area contributed by atoms with Gasteiger partial charge in [0.2, 0.25) is 0 Å². The minimum atomic E-state index is 0.991. The Hall–Kier alpha value is -4.69. The van der Waals surface area contributed by atoms with Crippen molar-refractivity contribution in [2.45, 2.75) is 0 Å². The van der Waals surface area contributed by atoms with Gasteiger partial charge in [0.05, 0.1) is 16.7 Å². The van der Waals surface area contributed by atoms with Crippen LogP contribution in [0.5, 0.6) is 0 Å². The molecule has 0 bridgehead atoms. The average Bonchev–Trinajstić information content (AvgIpc) is 3.44. The molecule has 162 valence electrons. The van der Waals surface area contributed by atoms with Gasteiger partial charge in [0.1, 0.15) is 0 Å². The summed E-state index contributed by atoms with van der Waals surface area (Å²) in [6.07, 6.45) is 1.84. The van der Waals surface area contributed by atoms with Crippen molar-refractivity contribution in [3.63, 3.8) is 0 Å². The maximum atomic E-state index is 4.51. The van der Waals surface area contributed by atoms with Crippen LogP contribution in [0.2, 0.25) is 0 Å². The third-order valence-corrected chi connectivity index (χ3v) is 7.39. The van der Waals surface area contributed by atoms with E-state index in [4.69, 9.17) is 0 Å². The molecule has 0 saturated carbocycles. The molecule has 2 nitrogen and oxygen atoms in total. The number of fused-ring (bicyclic) bond motifs is 7. The Balaban J connectivity index is 1.43. The molecule has 0 amide bonds. The number of aromatic nitrogens is 2. The second-order valence-corrected chi connectivity index (χ2v) is 9.21. The summed E-state index contributed by atoms with van der Waals surface area (Å²) in [6.45, 7) is 0. The molecule has 2 aromatic heterocycles. The number of benzene rings is 5. The molecule has 0 radical (unpaired) electrons. The zero-order valence-electron chi connectivity index (χ0n) is 18.9. The van der Waals surface area contributed by atoms with E-state index in [2.05, 4.69) is 113 Å². The van der Waals surface area contributed by atoms with Crippen LogP contribution in [0.15, 0.2) is 121 Å². The lowest BCUT2D eigenvalue weighted by molar-refractivity contribution is 1.18. The van der Waals surface area contributed by atoms with Gasteiger partial charge in [-0.3, -0.25) is 4.98 Å². The molecule has 35 heavy (non-hydrogen) atoms. The summed E-state index contributed by atoms with van der Waals surface area (Å²) in [6, 6.07) is 41.5. The monoisotopic (exact) mass is 444 g/mol. The summed E-state index contributed by atoms with van der Waals surface area (Å²) in [5, 5.41) is 5.29. The second kappa shape index (κ2) is 6.91. The topological polar surface area (TPSA) is 17.8 Å². The minimum Gasteiger partial charge on any atom is -0.309 e. The predicted molar refractivity (Wildman–Crippen MR) is 146 cm³/mol. The Morgan fingerprint density at radius 3 is 2.14 bits per heavy atom. The number of rotatable bonds is 2. The first kappa shape index (κ1) is 18.7. The predicted octanol–water partition coefficient (Wildman–Crippen LogP) is 8.65. The van der Waals surface area contributed by atoms with Crippen molar-refractivity contribution in [1.29, 1.82) is 0 Å². The van der Waals surface area contributed by atoms with Crippen molar-refractivity contribution >= 4 is 32.6 Å². The van der Waals surface area contributed by atoms with Crippen LogP contribution in [0, 0.1) is 0 Å². The van der Waals surface area contributed by atoms with Gasteiger partial charge in [0.15, 0.2) is 0 Å². The summed E-state index contributed by atoms with van der Waals surface area (Å²) in [7, 11) is 0. The molecule has 1 aliphatic rings. The molecule has 0 atom stereocenters. The SMILES string of the molecule is c1ccc(-c2ccc(-n3c4ccccc4c4c5c(ccc43)-c3cccc4cccc-5c34)cc2)nc1. The minimum absolute atomic E-state index is 0.991. The first-order valence-electron chi connectivity index (χ1n) is 12.0. The molecule has 2 heterocycles. The van der Waals surface area contributed by atoms with Crippen LogP contribution in [-0.2, 0) is 0 Å². The lowest BCUT2D eigenvalue weighted by atomic mass is 9.98. The first-order valence-corrected chi connectivity index (χ1v) is 12.0. The van der Waals surface area contributed by atoms with Gasteiger partial charge in [0, 0.05) is 33.8 Å². The highest BCUT2D eigenvalue weighted by molar-refractivity contribution is 6.26. The number of hydrogen-bond donors (Lipinski definition) is 0. The molecule has 0 unspecified atom stereocenters. The quantitative estimate of drug-likeness (QED) is 0.261. The molecule has 8 rings (SSSR count). The van der Waals surface area contributed by atoms with E-state index in [9.17, 15) is 0 Å². The van der Waals surface area contributed by atoms with Gasteiger partial charge in [-0.2, -0.15) is 0 Å². The smallest absolute Gasteiger partial charge is 0.0701 e. The van der Waals surface area contributed by atoms with Crippen LogP contribution in [-0.4, -0.2) is 9.55 Å². The molecule has 5 aromatic carbocycles. The fourth-order valence-corrected chi connectivity index (χ4v) is 5.93. The Bertz CT molecular complexity index is 1920. The molecule has 2 heteroatoms. The van der Waals surface area contributed by atoms with E-state index in [1.54, 1.807) is 0 Å². The van der Waals surface area contributed by atoms with E-state index >= 15 is 0 Å². The summed E-state index contributed by atoms with van der Waals surface area (Å²) >= 11 is 0. The van der Waals surface area contributed by atoms with E-state index in [0.29, 0.717) is 0 Å². The van der Waals surface area contributed by atoms with Gasteiger partial charge in [-0.1, -0.05) is 78.9 Å². The maximum absolute atomic E-state index is 4.51. The summed E-state index contributed by atoms with van der Waals surface area (Å²) < 4.78 is 2.40. The Labute approximate surface area is 202 Å². The highest BCUT2D eigenvalue weighted by atomic mass is 15.0. The first-order chi connectivity index (χ1) is 17.4. The van der Waals surface area contributed by atoms with Gasteiger partial charge >= 0.3 is 0 Å². The zero-order chi connectivity index (χ0) is 22.9. The number of para-hydroxylation sites is 1. The lowest BCUT2D eigenvalue weighted by Gasteiger charge is -2.10. The highest BCUT2D eigenvalue weighted by Gasteiger charge is 2.26. The zero-order valence-corrected chi connectivity index (χ0v) is 18.9. The van der Waals surface area contributed by atoms with Crippen molar-refractivity contribution in [2.75, 3.05) is 0 Å². The van der Waals surface area contributed by atoms with Gasteiger partial charge in [-0.05, 0) is 63.9 Å². The third-order valence-electron chi connectivity index (χ3n) is 7.39. The fourth-order valence-electron chi connectivity index (χ4n) is 5.93. The van der Waals surface area contributed by atoms with Crippen molar-refractivity contribution in [2.24, 2.45) is 0 Å². The largest absolute Gasteiger partial charge is 0.309 e. The molecular formula is C33H20N2. The molecule has 1 aliphatic carbocycles. The van der Waals surface area contributed by atoms with E-state index in [1.807, 2.05) is 18.3 Å². The molecular weight excluding hydrogens is 424 g/mol. The standard InChI is InChI=1S/C33H20N2/c1-2-13-29-26(9-1)33-30(35(29)23-16-14-21(15-17-23)28-12-3-4-20-34-28)19-18-25-24-10-5-7-22-8-6-11-27(31(22)24)32(25)33/h1-20H. The van der Waals surface area contributed by atoms with Gasteiger partial charge in [0.25, 0.3) is 0 Å². The molecule has 0 fully saturated rings. The molecule has 0 spiro atoms. The number of hydrogen-bond acceptors (Lipinski definition) is 1. The van der Waals surface area contributed by atoms with Crippen LogP contribution < -0.4 is 0 Å². The molecule has 0 saturated heterocycles. The van der Waals surface area contributed by atoms with E-state index < -0.39 is 0 Å². The van der Waals surface area contributed by atoms with Gasteiger partial charge in [-0.15, -0.1) is 0 Å². The highest BCUT2D eigenvalue weighted by Crippen LogP contribution is 2.52. The van der Waals surface area contributed by atoms with Crippen molar-refractivity contribution in [3.05, 3.63) is 121 Å². The Morgan fingerprint density at radius 1 is 0.514 bits per heavy atom. The maximum Gasteiger partial charge on any atom is 0.0701 e. The number of nitrogens with zero attached hydrogens (tertiary/aromatic N) is 2. The van der Waals surface area contributed by atoms with Crippen LogP contribution in [0.1, 0.15) is 0 Å². The van der Waals surface area contributed by atoms with Gasteiger partial charge < -0.3 is 4.57 Å². The van der Waals surface area contributed by atoms with E-state index in [-0.39, 0.29) is 0 Å². The molecule has 7 aromatic rings. The van der Waals surface area contributed by atoms with Gasteiger partial charge in [-0.25, -0.2) is 0 Å². The van der Waals surface area contributed by atoms with Crippen molar-refractivity contribution in [1.82, 2.24) is 9.55 Å². The van der Waals surface area contributed by atoms with Crippen molar-refractivity contribution < 1.29 is 0 Å². The van der Waals surface area contributed by atoms with Crippen molar-refractivity contribution in [3.8, 4) is 39.2 Å². The normalized spacial score (nSPS) is 12.0. The van der Waals surface area contributed by atoms with Crippen LogP contribution >= 0.6 is 0 Å².